The molecule has 1 atom stereocenters. The van der Waals surface area contributed by atoms with Crippen LogP contribution in [0, 0.1) is 13.8 Å². The van der Waals surface area contributed by atoms with Gasteiger partial charge in [-0.3, -0.25) is 13.9 Å². The van der Waals surface area contributed by atoms with Crippen LogP contribution in [-0.4, -0.2) is 50.0 Å². The molecule has 0 saturated heterocycles. The number of nitrogens with zero attached hydrogens (tertiary/aromatic N) is 2. The lowest BCUT2D eigenvalue weighted by atomic mass is 10.1. The van der Waals surface area contributed by atoms with Gasteiger partial charge in [-0.2, -0.15) is 0 Å². The summed E-state index contributed by atoms with van der Waals surface area (Å²) in [6.45, 7) is 5.54. The fourth-order valence-corrected chi connectivity index (χ4v) is 5.78. The zero-order chi connectivity index (χ0) is 26.5. The number of rotatable bonds is 10. The number of aryl methyl sites for hydroxylation is 2. The lowest BCUT2D eigenvalue weighted by molar-refractivity contribution is -0.140. The molecule has 0 aliphatic heterocycles. The number of halogens is 1. The first kappa shape index (κ1) is 28.2. The standard InChI is InChI=1S/C27H36BrN3O4S/c1-5-25(27(33)29-22-11-6-7-12-22)30(17-21-10-8-9-19(2)15-21)26(32)18-31(36(4,34)35)23-13-14-24(28)20(3)16-23/h8-10,13-16,22,25H,5-7,11-12,17-18H2,1-4H3,(H,29,33). The van der Waals surface area contributed by atoms with Gasteiger partial charge in [0.15, 0.2) is 0 Å². The van der Waals surface area contributed by atoms with Crippen LogP contribution in [0.2, 0.25) is 0 Å². The van der Waals surface area contributed by atoms with Gasteiger partial charge < -0.3 is 10.2 Å². The summed E-state index contributed by atoms with van der Waals surface area (Å²) in [5.74, 6) is -0.605. The molecule has 196 valence electrons. The molecule has 2 amide bonds. The Bertz CT molecular complexity index is 1200. The van der Waals surface area contributed by atoms with Crippen molar-refractivity contribution in [1.29, 1.82) is 0 Å². The molecular formula is C27H36BrN3O4S. The number of amides is 2. The Morgan fingerprint density at radius 1 is 1.11 bits per heavy atom. The van der Waals surface area contributed by atoms with E-state index in [9.17, 15) is 18.0 Å². The maximum atomic E-state index is 13.8. The molecule has 0 spiro atoms. The van der Waals surface area contributed by atoms with Crippen molar-refractivity contribution in [3.8, 4) is 0 Å². The van der Waals surface area contributed by atoms with Gasteiger partial charge in [0.25, 0.3) is 0 Å². The van der Waals surface area contributed by atoms with E-state index in [-0.39, 0.29) is 25.0 Å². The monoisotopic (exact) mass is 577 g/mol. The Hall–Kier alpha value is -2.39. The highest BCUT2D eigenvalue weighted by Crippen LogP contribution is 2.25. The molecule has 1 fully saturated rings. The van der Waals surface area contributed by atoms with Crippen molar-refractivity contribution in [2.75, 3.05) is 17.1 Å². The van der Waals surface area contributed by atoms with Crippen LogP contribution in [0.1, 0.15) is 55.7 Å². The van der Waals surface area contributed by atoms with Crippen molar-refractivity contribution in [3.05, 3.63) is 63.6 Å². The molecule has 2 aromatic carbocycles. The minimum Gasteiger partial charge on any atom is -0.352 e. The quantitative estimate of drug-likeness (QED) is 0.443. The Kier molecular flexibility index (Phi) is 9.58. The van der Waals surface area contributed by atoms with Gasteiger partial charge in [-0.05, 0) is 62.4 Å². The van der Waals surface area contributed by atoms with Crippen LogP contribution in [0.3, 0.4) is 0 Å². The Morgan fingerprint density at radius 2 is 1.81 bits per heavy atom. The van der Waals surface area contributed by atoms with Crippen molar-refractivity contribution in [2.45, 2.75) is 71.5 Å². The summed E-state index contributed by atoms with van der Waals surface area (Å²) in [4.78, 5) is 28.6. The molecule has 1 aliphatic carbocycles. The molecule has 0 bridgehead atoms. The number of nitrogens with one attached hydrogen (secondary N) is 1. The predicted octanol–water partition coefficient (Wildman–Crippen LogP) is 4.70. The first-order valence-corrected chi connectivity index (χ1v) is 15.0. The van der Waals surface area contributed by atoms with Gasteiger partial charge in [0.1, 0.15) is 12.6 Å². The minimum absolute atomic E-state index is 0.126. The second kappa shape index (κ2) is 12.2. The average molecular weight is 579 g/mol. The Morgan fingerprint density at radius 3 is 2.39 bits per heavy atom. The Labute approximate surface area is 223 Å². The molecule has 7 nitrogen and oxygen atoms in total. The summed E-state index contributed by atoms with van der Waals surface area (Å²) in [6.07, 6.45) is 5.57. The number of carbonyl (C=O) groups is 2. The number of hydrogen-bond acceptors (Lipinski definition) is 4. The highest BCUT2D eigenvalue weighted by Gasteiger charge is 2.33. The van der Waals surface area contributed by atoms with E-state index in [1.165, 1.54) is 4.90 Å². The third-order valence-corrected chi connectivity index (χ3v) is 8.66. The van der Waals surface area contributed by atoms with Gasteiger partial charge in [0, 0.05) is 17.1 Å². The highest BCUT2D eigenvalue weighted by molar-refractivity contribution is 9.10. The van der Waals surface area contributed by atoms with E-state index in [0.29, 0.717) is 12.1 Å². The average Bonchev–Trinajstić information content (AvgIpc) is 3.31. The van der Waals surface area contributed by atoms with Gasteiger partial charge in [-0.15, -0.1) is 0 Å². The van der Waals surface area contributed by atoms with E-state index in [0.717, 1.165) is 57.4 Å². The third-order valence-electron chi connectivity index (χ3n) is 6.63. The number of sulfonamides is 1. The van der Waals surface area contributed by atoms with Crippen LogP contribution < -0.4 is 9.62 Å². The summed E-state index contributed by atoms with van der Waals surface area (Å²) < 4.78 is 27.5. The smallest absolute Gasteiger partial charge is 0.244 e. The Balaban J connectivity index is 1.93. The summed E-state index contributed by atoms with van der Waals surface area (Å²) in [5, 5.41) is 3.12. The lowest BCUT2D eigenvalue weighted by Gasteiger charge is -2.33. The zero-order valence-electron chi connectivity index (χ0n) is 21.5. The third kappa shape index (κ3) is 7.32. The summed E-state index contributed by atoms with van der Waals surface area (Å²) in [6, 6.07) is 12.4. The number of anilines is 1. The molecule has 0 radical (unpaired) electrons. The maximum Gasteiger partial charge on any atom is 0.244 e. The first-order valence-electron chi connectivity index (χ1n) is 12.4. The zero-order valence-corrected chi connectivity index (χ0v) is 23.9. The van der Waals surface area contributed by atoms with Crippen molar-refractivity contribution in [1.82, 2.24) is 10.2 Å². The second-order valence-electron chi connectivity index (χ2n) is 9.63. The SMILES string of the molecule is CCC(C(=O)NC1CCCC1)N(Cc1cccc(C)c1)C(=O)CN(c1ccc(Br)c(C)c1)S(C)(=O)=O. The van der Waals surface area contributed by atoms with Crippen molar-refractivity contribution in [3.63, 3.8) is 0 Å². The number of carbonyl (C=O) groups excluding carboxylic acids is 2. The van der Waals surface area contributed by atoms with Gasteiger partial charge in [-0.25, -0.2) is 8.42 Å². The van der Waals surface area contributed by atoms with Gasteiger partial charge in [-0.1, -0.05) is 65.5 Å². The first-order chi connectivity index (χ1) is 17.0. The van der Waals surface area contributed by atoms with Gasteiger partial charge in [0.2, 0.25) is 21.8 Å². The fourth-order valence-electron chi connectivity index (χ4n) is 4.69. The van der Waals surface area contributed by atoms with Crippen LogP contribution in [0.4, 0.5) is 5.69 Å². The molecule has 1 saturated carbocycles. The van der Waals surface area contributed by atoms with Crippen LogP contribution >= 0.6 is 15.9 Å². The van der Waals surface area contributed by atoms with Crippen LogP contribution in [0.5, 0.6) is 0 Å². The molecule has 2 aromatic rings. The normalized spacial score (nSPS) is 14.9. The largest absolute Gasteiger partial charge is 0.352 e. The second-order valence-corrected chi connectivity index (χ2v) is 12.4. The maximum absolute atomic E-state index is 13.8. The molecule has 1 N–H and O–H groups in total. The number of benzene rings is 2. The van der Waals surface area contributed by atoms with Gasteiger partial charge in [0.05, 0.1) is 11.9 Å². The molecule has 1 aliphatic rings. The number of hydrogen-bond donors (Lipinski definition) is 1. The molecular weight excluding hydrogens is 542 g/mol. The van der Waals surface area contributed by atoms with E-state index in [1.54, 1.807) is 18.2 Å². The minimum atomic E-state index is -3.76. The van der Waals surface area contributed by atoms with Crippen molar-refractivity contribution >= 4 is 43.5 Å². The summed E-state index contributed by atoms with van der Waals surface area (Å²) in [7, 11) is -3.76. The van der Waals surface area contributed by atoms with Crippen LogP contribution in [-0.2, 0) is 26.2 Å². The lowest BCUT2D eigenvalue weighted by Crippen LogP contribution is -2.53. The summed E-state index contributed by atoms with van der Waals surface area (Å²) in [5.41, 5.74) is 3.20. The molecule has 36 heavy (non-hydrogen) atoms. The van der Waals surface area contributed by atoms with Crippen LogP contribution in [0.15, 0.2) is 46.9 Å². The van der Waals surface area contributed by atoms with E-state index in [1.807, 2.05) is 45.0 Å². The summed E-state index contributed by atoms with van der Waals surface area (Å²) >= 11 is 3.44. The predicted molar refractivity (Wildman–Crippen MR) is 147 cm³/mol. The molecule has 0 heterocycles. The van der Waals surface area contributed by atoms with E-state index < -0.39 is 22.0 Å². The molecule has 1 unspecified atom stereocenters. The fraction of sp³-hybridized carbons (Fsp3) is 0.481. The topological polar surface area (TPSA) is 86.8 Å². The molecule has 0 aromatic heterocycles. The van der Waals surface area contributed by atoms with Crippen molar-refractivity contribution < 1.29 is 18.0 Å². The van der Waals surface area contributed by atoms with Crippen molar-refractivity contribution in [2.24, 2.45) is 0 Å². The molecule has 3 rings (SSSR count). The highest BCUT2D eigenvalue weighted by atomic mass is 79.9. The van der Waals surface area contributed by atoms with Crippen LogP contribution in [0.25, 0.3) is 0 Å². The van der Waals surface area contributed by atoms with E-state index >= 15 is 0 Å². The van der Waals surface area contributed by atoms with E-state index in [2.05, 4.69) is 21.2 Å². The van der Waals surface area contributed by atoms with E-state index in [4.69, 9.17) is 0 Å². The van der Waals surface area contributed by atoms with Gasteiger partial charge >= 0.3 is 0 Å². The molecule has 9 heteroatoms.